The second-order valence-electron chi connectivity index (χ2n) is 4.89. The van der Waals surface area contributed by atoms with E-state index in [4.69, 9.17) is 0 Å². The van der Waals surface area contributed by atoms with Gasteiger partial charge in [0.25, 0.3) is 0 Å². The Bertz CT molecular complexity index is 590. The molecule has 0 atom stereocenters. The molecular weight excluding hydrogens is 222 g/mol. The van der Waals surface area contributed by atoms with E-state index >= 15 is 0 Å². The van der Waals surface area contributed by atoms with Crippen molar-refractivity contribution < 1.29 is 5.11 Å². The third-order valence-corrected chi connectivity index (χ3v) is 3.58. The first-order valence-corrected chi connectivity index (χ1v) is 6.37. The number of aromatic hydroxyl groups is 1. The van der Waals surface area contributed by atoms with E-state index in [0.29, 0.717) is 5.75 Å². The Balaban J connectivity index is 2.19. The van der Waals surface area contributed by atoms with Crippen LogP contribution in [0.2, 0.25) is 0 Å². The normalized spacial score (nSPS) is 14.3. The van der Waals surface area contributed by atoms with Gasteiger partial charge in [0, 0.05) is 12.1 Å². The van der Waals surface area contributed by atoms with Crippen LogP contribution >= 0.6 is 0 Å². The Hall–Kier alpha value is -1.80. The first kappa shape index (κ1) is 11.3. The van der Waals surface area contributed by atoms with Crippen LogP contribution < -0.4 is 5.32 Å². The van der Waals surface area contributed by atoms with Crippen molar-refractivity contribution in [2.24, 2.45) is 0 Å². The molecule has 2 nitrogen and oxygen atoms in total. The molecule has 2 N–H and O–H groups in total. The maximum Gasteiger partial charge on any atom is 0.123 e. The molecule has 0 aromatic heterocycles. The van der Waals surface area contributed by atoms with Crippen molar-refractivity contribution in [1.29, 1.82) is 0 Å². The summed E-state index contributed by atoms with van der Waals surface area (Å²) < 4.78 is 0. The quantitative estimate of drug-likeness (QED) is 0.801. The summed E-state index contributed by atoms with van der Waals surface area (Å²) >= 11 is 0. The van der Waals surface area contributed by atoms with Crippen LogP contribution in [0.25, 0.3) is 11.1 Å². The fraction of sp³-hybridized carbons (Fsp3) is 0.250. The first-order chi connectivity index (χ1) is 8.75. The molecule has 2 aromatic rings. The summed E-state index contributed by atoms with van der Waals surface area (Å²) in [5.74, 6) is 0.368. The molecule has 1 aliphatic heterocycles. The van der Waals surface area contributed by atoms with Crippen LogP contribution in [-0.4, -0.2) is 11.7 Å². The number of rotatable bonds is 1. The molecule has 1 heterocycles. The molecule has 18 heavy (non-hydrogen) atoms. The zero-order valence-electron chi connectivity index (χ0n) is 10.5. The zero-order valence-corrected chi connectivity index (χ0v) is 10.5. The third kappa shape index (κ3) is 1.89. The number of nitrogens with one attached hydrogen (secondary N) is 1. The number of hydrogen-bond donors (Lipinski definition) is 2. The predicted molar refractivity (Wildman–Crippen MR) is 73.7 cm³/mol. The van der Waals surface area contributed by atoms with Gasteiger partial charge in [-0.05, 0) is 48.7 Å². The molecule has 1 aliphatic rings. The minimum Gasteiger partial charge on any atom is -0.507 e. The van der Waals surface area contributed by atoms with Crippen molar-refractivity contribution in [2.75, 3.05) is 6.54 Å². The summed E-state index contributed by atoms with van der Waals surface area (Å²) in [7, 11) is 0. The number of phenols is 1. The molecule has 0 spiro atoms. The summed E-state index contributed by atoms with van der Waals surface area (Å²) in [4.78, 5) is 0. The lowest BCUT2D eigenvalue weighted by molar-refractivity contribution is 0.477. The number of hydrogen-bond acceptors (Lipinski definition) is 2. The molecule has 0 amide bonds. The van der Waals surface area contributed by atoms with E-state index in [9.17, 15) is 5.11 Å². The highest BCUT2D eigenvalue weighted by molar-refractivity contribution is 5.75. The average molecular weight is 239 g/mol. The number of fused-ring (bicyclic) bond motifs is 1. The maximum atomic E-state index is 10.1. The van der Waals surface area contributed by atoms with Crippen molar-refractivity contribution in [3.63, 3.8) is 0 Å². The van der Waals surface area contributed by atoms with Crippen LogP contribution in [0.15, 0.2) is 36.4 Å². The SMILES string of the molecule is Cc1ccc(O)c(-c2cccc3c2CCNC3)c1. The monoisotopic (exact) mass is 239 g/mol. The van der Waals surface area contributed by atoms with Gasteiger partial charge in [0.2, 0.25) is 0 Å². The van der Waals surface area contributed by atoms with E-state index in [0.717, 1.165) is 25.1 Å². The van der Waals surface area contributed by atoms with Crippen molar-refractivity contribution in [1.82, 2.24) is 5.32 Å². The predicted octanol–water partition coefficient (Wildman–Crippen LogP) is 3.01. The fourth-order valence-corrected chi connectivity index (χ4v) is 2.65. The van der Waals surface area contributed by atoms with Crippen LogP contribution in [-0.2, 0) is 13.0 Å². The van der Waals surface area contributed by atoms with Crippen molar-refractivity contribution in [3.05, 3.63) is 53.1 Å². The van der Waals surface area contributed by atoms with Gasteiger partial charge in [-0.1, -0.05) is 29.8 Å². The van der Waals surface area contributed by atoms with E-state index in [1.165, 1.54) is 22.3 Å². The third-order valence-electron chi connectivity index (χ3n) is 3.58. The van der Waals surface area contributed by atoms with Crippen LogP contribution in [0.5, 0.6) is 5.75 Å². The fourth-order valence-electron chi connectivity index (χ4n) is 2.65. The molecule has 2 heteroatoms. The molecule has 0 unspecified atom stereocenters. The van der Waals surface area contributed by atoms with Gasteiger partial charge >= 0.3 is 0 Å². The molecule has 3 rings (SSSR count). The van der Waals surface area contributed by atoms with Gasteiger partial charge in [-0.2, -0.15) is 0 Å². The van der Waals surface area contributed by atoms with E-state index in [1.807, 2.05) is 6.07 Å². The topological polar surface area (TPSA) is 32.3 Å². The summed E-state index contributed by atoms with van der Waals surface area (Å²) in [6.07, 6.45) is 1.03. The van der Waals surface area contributed by atoms with Crippen LogP contribution in [0, 0.1) is 6.92 Å². The number of benzene rings is 2. The summed E-state index contributed by atoms with van der Waals surface area (Å²) in [6, 6.07) is 12.1. The van der Waals surface area contributed by atoms with Crippen molar-refractivity contribution in [3.8, 4) is 16.9 Å². The summed E-state index contributed by atoms with van der Waals surface area (Å²) in [5.41, 5.74) is 6.02. The molecule has 0 aliphatic carbocycles. The summed E-state index contributed by atoms with van der Waals surface area (Å²) in [5, 5.41) is 13.5. The largest absolute Gasteiger partial charge is 0.507 e. The van der Waals surface area contributed by atoms with Crippen LogP contribution in [0.4, 0.5) is 0 Å². The second kappa shape index (κ2) is 4.46. The van der Waals surface area contributed by atoms with Crippen LogP contribution in [0.3, 0.4) is 0 Å². The molecule has 2 aromatic carbocycles. The Morgan fingerprint density at radius 3 is 2.89 bits per heavy atom. The van der Waals surface area contributed by atoms with Gasteiger partial charge in [0.1, 0.15) is 5.75 Å². The van der Waals surface area contributed by atoms with E-state index in [-0.39, 0.29) is 0 Å². The van der Waals surface area contributed by atoms with Gasteiger partial charge in [0.15, 0.2) is 0 Å². The Morgan fingerprint density at radius 1 is 1.11 bits per heavy atom. The molecule has 0 bridgehead atoms. The van der Waals surface area contributed by atoms with Gasteiger partial charge in [-0.25, -0.2) is 0 Å². The highest BCUT2D eigenvalue weighted by Crippen LogP contribution is 2.34. The average Bonchev–Trinajstić information content (AvgIpc) is 2.41. The molecule has 92 valence electrons. The standard InChI is InChI=1S/C16H17NO/c1-11-5-6-16(18)15(9-11)14-4-2-3-12-10-17-8-7-13(12)14/h2-6,9,17-18H,7-8,10H2,1H3. The minimum atomic E-state index is 0.368. The van der Waals surface area contributed by atoms with Gasteiger partial charge in [0.05, 0.1) is 0 Å². The van der Waals surface area contributed by atoms with Gasteiger partial charge in [-0.3, -0.25) is 0 Å². The molecule has 0 fully saturated rings. The smallest absolute Gasteiger partial charge is 0.123 e. The summed E-state index contributed by atoms with van der Waals surface area (Å²) in [6.45, 7) is 3.99. The second-order valence-corrected chi connectivity index (χ2v) is 4.89. The van der Waals surface area contributed by atoms with E-state index in [1.54, 1.807) is 6.07 Å². The molecule has 0 saturated heterocycles. The lowest BCUT2D eigenvalue weighted by Crippen LogP contribution is -2.24. The zero-order chi connectivity index (χ0) is 12.5. The number of aryl methyl sites for hydroxylation is 1. The van der Waals surface area contributed by atoms with Crippen molar-refractivity contribution in [2.45, 2.75) is 19.9 Å². The van der Waals surface area contributed by atoms with Crippen LogP contribution in [0.1, 0.15) is 16.7 Å². The van der Waals surface area contributed by atoms with E-state index in [2.05, 4.69) is 36.5 Å². The first-order valence-electron chi connectivity index (χ1n) is 6.37. The highest BCUT2D eigenvalue weighted by atomic mass is 16.3. The lowest BCUT2D eigenvalue weighted by atomic mass is 9.90. The molecule has 0 radical (unpaired) electrons. The maximum absolute atomic E-state index is 10.1. The molecule has 0 saturated carbocycles. The minimum absolute atomic E-state index is 0.368. The Morgan fingerprint density at radius 2 is 2.00 bits per heavy atom. The Kier molecular flexibility index (Phi) is 2.80. The van der Waals surface area contributed by atoms with Gasteiger partial charge < -0.3 is 10.4 Å². The van der Waals surface area contributed by atoms with E-state index < -0.39 is 0 Å². The van der Waals surface area contributed by atoms with Gasteiger partial charge in [-0.15, -0.1) is 0 Å². The van der Waals surface area contributed by atoms with Crippen molar-refractivity contribution >= 4 is 0 Å². The highest BCUT2D eigenvalue weighted by Gasteiger charge is 2.15. The number of phenolic OH excluding ortho intramolecular Hbond substituents is 1. The lowest BCUT2D eigenvalue weighted by Gasteiger charge is -2.21. The molecular formula is C16H17NO. The Labute approximate surface area is 107 Å².